The molecule has 0 heterocycles. The molecule has 0 amide bonds. The lowest BCUT2D eigenvalue weighted by Gasteiger charge is -2.20. The van der Waals surface area contributed by atoms with Crippen molar-refractivity contribution in [3.8, 4) is 0 Å². The van der Waals surface area contributed by atoms with Gasteiger partial charge in [0.1, 0.15) is 6.54 Å². The molecule has 0 radical (unpaired) electrons. The van der Waals surface area contributed by atoms with Crippen LogP contribution in [0.25, 0.3) is 0 Å². The molecule has 1 rings (SSSR count). The van der Waals surface area contributed by atoms with Gasteiger partial charge in [-0.2, -0.15) is 8.42 Å². The van der Waals surface area contributed by atoms with Crippen molar-refractivity contribution in [2.75, 3.05) is 13.2 Å². The monoisotopic (exact) mass is 288 g/mol. The van der Waals surface area contributed by atoms with Gasteiger partial charge in [0.2, 0.25) is 0 Å². The minimum Gasteiger partial charge on any atom is -0.465 e. The molecule has 106 valence electrons. The van der Waals surface area contributed by atoms with Crippen molar-refractivity contribution in [1.29, 1.82) is 0 Å². The second-order valence-electron chi connectivity index (χ2n) is 3.71. The third kappa shape index (κ3) is 6.87. The van der Waals surface area contributed by atoms with Crippen LogP contribution in [0, 0.1) is 0 Å². The third-order valence-electron chi connectivity index (χ3n) is 2.09. The molecule has 7 nitrogen and oxygen atoms in total. The van der Waals surface area contributed by atoms with Gasteiger partial charge < -0.3 is 4.74 Å². The zero-order valence-corrected chi connectivity index (χ0v) is 11.3. The van der Waals surface area contributed by atoms with Crippen LogP contribution in [0.5, 0.6) is 0 Å². The van der Waals surface area contributed by atoms with Gasteiger partial charge in [-0.3, -0.25) is 9.35 Å². The van der Waals surface area contributed by atoms with E-state index in [1.807, 2.05) is 10.9 Å². The first-order chi connectivity index (χ1) is 8.90. The number of hydrogen-bond donors (Lipinski definition) is 2. The van der Waals surface area contributed by atoms with Crippen LogP contribution in [-0.4, -0.2) is 37.1 Å². The number of nitrogens with one attached hydrogen (secondary N) is 1. The molecule has 0 bridgehead atoms. The molecule has 19 heavy (non-hydrogen) atoms. The molecule has 0 aromatic heterocycles. The minimum absolute atomic E-state index is 0.124. The quantitative estimate of drug-likeness (QED) is 0.427. The average Bonchev–Trinajstić information content (AvgIpc) is 2.28. The van der Waals surface area contributed by atoms with E-state index in [0.29, 0.717) is 0 Å². The summed E-state index contributed by atoms with van der Waals surface area (Å²) in [5.74, 6) is -0.588. The molecule has 0 unspecified atom stereocenters. The highest BCUT2D eigenvalue weighted by Gasteiger charge is 2.16. The van der Waals surface area contributed by atoms with Gasteiger partial charge in [0.25, 0.3) is 0 Å². The first-order valence-corrected chi connectivity index (χ1v) is 7.04. The highest BCUT2D eigenvalue weighted by molar-refractivity contribution is 7.83. The van der Waals surface area contributed by atoms with E-state index in [-0.39, 0.29) is 19.7 Å². The van der Waals surface area contributed by atoms with Gasteiger partial charge in [0.15, 0.2) is 0 Å². The molecule has 0 saturated heterocycles. The van der Waals surface area contributed by atoms with Crippen molar-refractivity contribution >= 4 is 16.3 Å². The normalized spacial score (nSPS) is 11.5. The maximum absolute atomic E-state index is 11.3. The molecule has 0 aliphatic carbocycles. The Morgan fingerprint density at radius 3 is 2.53 bits per heavy atom. The number of benzene rings is 1. The second kappa shape index (κ2) is 7.19. The van der Waals surface area contributed by atoms with Crippen molar-refractivity contribution < 1.29 is 22.5 Å². The average molecular weight is 288 g/mol. The fourth-order valence-electron chi connectivity index (χ4n) is 1.45. The van der Waals surface area contributed by atoms with Crippen LogP contribution in [0.15, 0.2) is 30.3 Å². The summed E-state index contributed by atoms with van der Waals surface area (Å²) in [6.45, 7) is 1.67. The van der Waals surface area contributed by atoms with Crippen LogP contribution in [0.2, 0.25) is 0 Å². The van der Waals surface area contributed by atoms with E-state index >= 15 is 0 Å². The number of carbonyl (C=O) groups is 1. The van der Waals surface area contributed by atoms with Gasteiger partial charge >= 0.3 is 16.3 Å². The lowest BCUT2D eigenvalue weighted by Crippen LogP contribution is -2.44. The molecular formula is C11H16N2O5S. The van der Waals surface area contributed by atoms with Crippen molar-refractivity contribution in [3.63, 3.8) is 0 Å². The van der Waals surface area contributed by atoms with Crippen molar-refractivity contribution in [3.05, 3.63) is 35.9 Å². The lowest BCUT2D eigenvalue weighted by molar-refractivity contribution is -0.145. The van der Waals surface area contributed by atoms with Crippen molar-refractivity contribution in [2.24, 2.45) is 0 Å². The fraction of sp³-hybridized carbons (Fsp3) is 0.364. The Kier molecular flexibility index (Phi) is 5.90. The first-order valence-electron chi connectivity index (χ1n) is 5.60. The molecule has 0 fully saturated rings. The molecule has 0 aliphatic rings. The Bertz CT molecular complexity index is 503. The number of esters is 1. The molecule has 0 spiro atoms. The van der Waals surface area contributed by atoms with Gasteiger partial charge in [-0.1, -0.05) is 30.3 Å². The number of carbonyl (C=O) groups excluding carboxylic acids is 1. The highest BCUT2D eigenvalue weighted by Crippen LogP contribution is 2.03. The van der Waals surface area contributed by atoms with Crippen LogP contribution in [0.1, 0.15) is 12.5 Å². The topological polar surface area (TPSA) is 95.9 Å². The van der Waals surface area contributed by atoms with Crippen molar-refractivity contribution in [1.82, 2.24) is 9.84 Å². The largest absolute Gasteiger partial charge is 0.465 e. The number of rotatable bonds is 7. The maximum atomic E-state index is 11.3. The molecule has 1 aromatic rings. The highest BCUT2D eigenvalue weighted by atomic mass is 32.2. The number of ether oxygens (including phenoxy) is 1. The van der Waals surface area contributed by atoms with E-state index < -0.39 is 16.3 Å². The standard InChI is InChI=1S/C11H16N2O5S/c1-2-18-11(14)9-13(12-19(15,16)17)8-10-6-4-3-5-7-10/h3-7,12H,2,8-9H2,1H3,(H,15,16,17). The Morgan fingerprint density at radius 1 is 1.37 bits per heavy atom. The lowest BCUT2D eigenvalue weighted by atomic mass is 10.2. The fourth-order valence-corrected chi connectivity index (χ4v) is 1.91. The van der Waals surface area contributed by atoms with Crippen LogP contribution >= 0.6 is 0 Å². The number of hydrogen-bond acceptors (Lipinski definition) is 5. The van der Waals surface area contributed by atoms with E-state index in [1.54, 1.807) is 31.2 Å². The van der Waals surface area contributed by atoms with E-state index in [4.69, 9.17) is 9.29 Å². The molecule has 2 N–H and O–H groups in total. The van der Waals surface area contributed by atoms with Crippen LogP contribution < -0.4 is 4.83 Å². The number of hydrazine groups is 1. The van der Waals surface area contributed by atoms with Crippen LogP contribution in [-0.2, 0) is 26.4 Å². The summed E-state index contributed by atoms with van der Waals surface area (Å²) in [6, 6.07) is 8.92. The summed E-state index contributed by atoms with van der Waals surface area (Å²) in [6.07, 6.45) is 0. The van der Waals surface area contributed by atoms with Crippen LogP contribution in [0.4, 0.5) is 0 Å². The van der Waals surface area contributed by atoms with E-state index in [9.17, 15) is 13.2 Å². The summed E-state index contributed by atoms with van der Waals surface area (Å²) in [4.78, 5) is 13.2. The Morgan fingerprint density at radius 2 is 2.00 bits per heavy atom. The predicted octanol–water partition coefficient (Wildman–Crippen LogP) is 0.359. The smallest absolute Gasteiger partial charge is 0.346 e. The van der Waals surface area contributed by atoms with Crippen molar-refractivity contribution in [2.45, 2.75) is 13.5 Å². The van der Waals surface area contributed by atoms with Gasteiger partial charge in [0, 0.05) is 6.54 Å². The van der Waals surface area contributed by atoms with E-state index in [2.05, 4.69) is 0 Å². The zero-order valence-electron chi connectivity index (χ0n) is 10.4. The first kappa shape index (κ1) is 15.6. The van der Waals surface area contributed by atoms with E-state index in [0.717, 1.165) is 10.6 Å². The van der Waals surface area contributed by atoms with Gasteiger partial charge in [-0.05, 0) is 12.5 Å². The molecule has 8 heteroatoms. The van der Waals surface area contributed by atoms with E-state index in [1.165, 1.54) is 0 Å². The van der Waals surface area contributed by atoms with Gasteiger partial charge in [0.05, 0.1) is 6.61 Å². The molecular weight excluding hydrogens is 272 g/mol. The predicted molar refractivity (Wildman–Crippen MR) is 68.2 cm³/mol. The Balaban J connectivity index is 2.72. The zero-order chi connectivity index (χ0) is 14.3. The molecule has 0 aliphatic heterocycles. The third-order valence-corrected chi connectivity index (χ3v) is 2.57. The molecule has 0 atom stereocenters. The molecule has 0 saturated carbocycles. The van der Waals surface area contributed by atoms with Gasteiger partial charge in [-0.15, -0.1) is 4.83 Å². The SMILES string of the molecule is CCOC(=O)CN(Cc1ccccc1)NS(=O)(=O)O. The van der Waals surface area contributed by atoms with Gasteiger partial charge in [-0.25, -0.2) is 5.01 Å². The molecule has 1 aromatic carbocycles. The summed E-state index contributed by atoms with van der Waals surface area (Å²) in [7, 11) is -4.44. The summed E-state index contributed by atoms with van der Waals surface area (Å²) >= 11 is 0. The summed E-state index contributed by atoms with van der Waals surface area (Å²) in [5.41, 5.74) is 0.781. The Hall–Kier alpha value is -1.48. The minimum atomic E-state index is -4.44. The number of nitrogens with zero attached hydrogens (tertiary/aromatic N) is 1. The second-order valence-corrected chi connectivity index (χ2v) is 4.85. The van der Waals surface area contributed by atoms with Crippen LogP contribution in [0.3, 0.4) is 0 Å². The Labute approximate surface area is 112 Å². The summed E-state index contributed by atoms with van der Waals surface area (Å²) in [5, 5.41) is 1.06. The summed E-state index contributed by atoms with van der Waals surface area (Å²) < 4.78 is 35.1. The maximum Gasteiger partial charge on any atom is 0.346 e.